The molecule has 0 radical (unpaired) electrons. The molecule has 0 aliphatic rings. The van der Waals surface area contributed by atoms with Gasteiger partial charge in [0.25, 0.3) is 5.91 Å². The normalized spacial score (nSPS) is 10.8. The molecule has 0 aromatic carbocycles. The van der Waals surface area contributed by atoms with Crippen molar-refractivity contribution in [1.82, 2.24) is 9.88 Å². The first-order valence-electron chi connectivity index (χ1n) is 6.66. The van der Waals surface area contributed by atoms with Gasteiger partial charge in [0.15, 0.2) is 5.43 Å². The highest BCUT2D eigenvalue weighted by Crippen LogP contribution is 2.11. The number of pyridine rings is 1. The fourth-order valence-electron chi connectivity index (χ4n) is 2.18. The van der Waals surface area contributed by atoms with Crippen LogP contribution in [0, 0.1) is 6.92 Å². The molecule has 0 aliphatic heterocycles. The van der Waals surface area contributed by atoms with E-state index in [0.29, 0.717) is 0 Å². The summed E-state index contributed by atoms with van der Waals surface area (Å²) in [6, 6.07) is 1.46. The van der Waals surface area contributed by atoms with Gasteiger partial charge < -0.3 is 15.0 Å². The Balaban J connectivity index is 3.08. The molecule has 5 heteroatoms. The van der Waals surface area contributed by atoms with E-state index in [-0.39, 0.29) is 36.1 Å². The van der Waals surface area contributed by atoms with E-state index in [1.54, 1.807) is 11.8 Å². The van der Waals surface area contributed by atoms with Crippen molar-refractivity contribution in [1.29, 1.82) is 0 Å². The van der Waals surface area contributed by atoms with Crippen LogP contribution in [0.25, 0.3) is 0 Å². The van der Waals surface area contributed by atoms with Crippen LogP contribution in [0.3, 0.4) is 0 Å². The number of nitrogens with zero attached hydrogens (tertiary/aromatic N) is 1. The molecule has 0 fully saturated rings. The topological polar surface area (TPSA) is 73.4 Å². The van der Waals surface area contributed by atoms with Gasteiger partial charge in [-0.1, -0.05) is 13.8 Å². The quantitative estimate of drug-likeness (QED) is 0.815. The molecule has 1 aromatic heterocycles. The minimum Gasteiger partial charge on any atom is -0.395 e. The third kappa shape index (κ3) is 3.67. The maximum atomic E-state index is 12.4. The number of carbonyl (C=O) groups is 1. The lowest BCUT2D eigenvalue weighted by atomic mass is 10.1. The Morgan fingerprint density at radius 1 is 1.42 bits per heavy atom. The summed E-state index contributed by atoms with van der Waals surface area (Å²) >= 11 is 0. The number of hydrogen-bond donors (Lipinski definition) is 2. The number of nitrogens with one attached hydrogen (secondary N) is 1. The summed E-state index contributed by atoms with van der Waals surface area (Å²) < 4.78 is 0. The van der Waals surface area contributed by atoms with Gasteiger partial charge >= 0.3 is 0 Å². The molecule has 1 heterocycles. The Morgan fingerprint density at radius 2 is 2.05 bits per heavy atom. The molecule has 106 valence electrons. The van der Waals surface area contributed by atoms with Crippen LogP contribution in [0.5, 0.6) is 0 Å². The predicted molar refractivity (Wildman–Crippen MR) is 74.3 cm³/mol. The Hall–Kier alpha value is -1.62. The summed E-state index contributed by atoms with van der Waals surface area (Å²) in [5.74, 6) is -0.316. The van der Waals surface area contributed by atoms with E-state index in [1.165, 1.54) is 12.3 Å². The van der Waals surface area contributed by atoms with E-state index in [2.05, 4.69) is 4.98 Å². The molecule has 5 nitrogen and oxygen atoms in total. The number of carbonyl (C=O) groups excluding carboxylic acids is 1. The lowest BCUT2D eigenvalue weighted by Gasteiger charge is -2.29. The highest BCUT2D eigenvalue weighted by atomic mass is 16.3. The molecule has 0 saturated carbocycles. The zero-order valence-corrected chi connectivity index (χ0v) is 11.8. The first-order valence-corrected chi connectivity index (χ1v) is 6.66. The largest absolute Gasteiger partial charge is 0.395 e. The van der Waals surface area contributed by atoms with E-state index in [0.717, 1.165) is 18.5 Å². The molecular formula is C14H22N2O3. The van der Waals surface area contributed by atoms with Crippen LogP contribution < -0.4 is 5.43 Å². The summed E-state index contributed by atoms with van der Waals surface area (Å²) in [5, 5.41) is 9.11. The second-order valence-electron chi connectivity index (χ2n) is 4.59. The number of aliphatic hydroxyl groups excluding tert-OH is 1. The molecule has 1 amide bonds. The molecule has 0 aliphatic carbocycles. The van der Waals surface area contributed by atoms with Crippen LogP contribution in [0.4, 0.5) is 0 Å². The Morgan fingerprint density at radius 3 is 2.53 bits per heavy atom. The summed E-state index contributed by atoms with van der Waals surface area (Å²) in [6.07, 6.45) is 3.05. The van der Waals surface area contributed by atoms with E-state index < -0.39 is 0 Å². The lowest BCUT2D eigenvalue weighted by molar-refractivity contribution is 0.0620. The number of aromatic nitrogens is 1. The Kier molecular flexibility index (Phi) is 5.76. The number of aryl methyl sites for hydroxylation is 1. The molecule has 0 bridgehead atoms. The maximum absolute atomic E-state index is 12.4. The monoisotopic (exact) mass is 266 g/mol. The van der Waals surface area contributed by atoms with Crippen molar-refractivity contribution in [3.05, 3.63) is 33.7 Å². The molecule has 1 aromatic rings. The second kappa shape index (κ2) is 7.09. The molecule has 0 unspecified atom stereocenters. The fraction of sp³-hybridized carbons (Fsp3) is 0.571. The van der Waals surface area contributed by atoms with Crippen molar-refractivity contribution in [3.8, 4) is 0 Å². The number of rotatable bonds is 6. The minimum atomic E-state index is -0.316. The van der Waals surface area contributed by atoms with E-state index >= 15 is 0 Å². The molecule has 0 spiro atoms. The smallest absolute Gasteiger partial charge is 0.259 e. The van der Waals surface area contributed by atoms with E-state index in [9.17, 15) is 9.59 Å². The summed E-state index contributed by atoms with van der Waals surface area (Å²) in [7, 11) is 0. The third-order valence-electron chi connectivity index (χ3n) is 3.27. The predicted octanol–water partition coefficient (Wildman–Crippen LogP) is 1.31. The van der Waals surface area contributed by atoms with Crippen LogP contribution in [-0.4, -0.2) is 40.1 Å². The molecular weight excluding hydrogens is 244 g/mol. The van der Waals surface area contributed by atoms with Gasteiger partial charge in [-0.15, -0.1) is 0 Å². The molecule has 0 saturated heterocycles. The average molecular weight is 266 g/mol. The Bertz CT molecular complexity index is 478. The first kappa shape index (κ1) is 15.4. The molecule has 19 heavy (non-hydrogen) atoms. The van der Waals surface area contributed by atoms with Gasteiger partial charge in [0, 0.05) is 30.5 Å². The molecule has 0 atom stereocenters. The summed E-state index contributed by atoms with van der Waals surface area (Å²) in [6.45, 7) is 5.89. The fourth-order valence-corrected chi connectivity index (χ4v) is 2.18. The van der Waals surface area contributed by atoms with Gasteiger partial charge in [-0.05, 0) is 19.8 Å². The SMILES string of the molecule is CCC(CC)N(CCO)C(=O)c1c[nH]c(C)cc1=O. The first-order chi connectivity index (χ1) is 9.04. The van der Waals surface area contributed by atoms with Gasteiger partial charge in [-0.25, -0.2) is 0 Å². The van der Waals surface area contributed by atoms with E-state index in [4.69, 9.17) is 5.11 Å². The maximum Gasteiger partial charge on any atom is 0.259 e. The van der Waals surface area contributed by atoms with Gasteiger partial charge in [0.2, 0.25) is 0 Å². The Labute approximate surface area is 113 Å². The summed E-state index contributed by atoms with van der Waals surface area (Å²) in [4.78, 5) is 28.7. The van der Waals surface area contributed by atoms with Crippen LogP contribution in [0.1, 0.15) is 42.7 Å². The molecule has 1 rings (SSSR count). The number of hydrogen-bond acceptors (Lipinski definition) is 3. The third-order valence-corrected chi connectivity index (χ3v) is 3.27. The minimum absolute atomic E-state index is 0.0420. The van der Waals surface area contributed by atoms with Gasteiger partial charge in [0.05, 0.1) is 6.61 Å². The molecule has 2 N–H and O–H groups in total. The zero-order chi connectivity index (χ0) is 14.4. The van der Waals surface area contributed by atoms with Crippen molar-refractivity contribution < 1.29 is 9.90 Å². The lowest BCUT2D eigenvalue weighted by Crippen LogP contribution is -2.43. The average Bonchev–Trinajstić information content (AvgIpc) is 2.38. The second-order valence-corrected chi connectivity index (χ2v) is 4.59. The van der Waals surface area contributed by atoms with Crippen LogP contribution >= 0.6 is 0 Å². The number of amides is 1. The van der Waals surface area contributed by atoms with Gasteiger partial charge in [-0.3, -0.25) is 9.59 Å². The van der Waals surface area contributed by atoms with Crippen molar-refractivity contribution in [3.63, 3.8) is 0 Å². The highest BCUT2D eigenvalue weighted by molar-refractivity contribution is 5.94. The van der Waals surface area contributed by atoms with Gasteiger partial charge in [-0.2, -0.15) is 0 Å². The zero-order valence-electron chi connectivity index (χ0n) is 11.8. The van der Waals surface area contributed by atoms with Crippen molar-refractivity contribution in [2.75, 3.05) is 13.2 Å². The van der Waals surface area contributed by atoms with Crippen molar-refractivity contribution in [2.45, 2.75) is 39.7 Å². The number of aromatic amines is 1. The van der Waals surface area contributed by atoms with Gasteiger partial charge in [0.1, 0.15) is 5.56 Å². The van der Waals surface area contributed by atoms with Crippen LogP contribution in [-0.2, 0) is 0 Å². The number of aliphatic hydroxyl groups is 1. The van der Waals surface area contributed by atoms with Crippen LogP contribution in [0.15, 0.2) is 17.1 Å². The number of H-pyrrole nitrogens is 1. The standard InChI is InChI=1S/C14H22N2O3/c1-4-11(5-2)16(6-7-17)14(19)12-9-15-10(3)8-13(12)18/h8-9,11,17H,4-7H2,1-3H3,(H,15,18). The van der Waals surface area contributed by atoms with Crippen LogP contribution in [0.2, 0.25) is 0 Å². The highest BCUT2D eigenvalue weighted by Gasteiger charge is 2.23. The summed E-state index contributed by atoms with van der Waals surface area (Å²) in [5.41, 5.74) is 0.568. The van der Waals surface area contributed by atoms with Crippen molar-refractivity contribution in [2.24, 2.45) is 0 Å². The van der Waals surface area contributed by atoms with Crippen molar-refractivity contribution >= 4 is 5.91 Å². The van der Waals surface area contributed by atoms with E-state index in [1.807, 2.05) is 13.8 Å².